The molecule has 184 valence electrons. The molecule has 1 aromatic carbocycles. The van der Waals surface area contributed by atoms with Gasteiger partial charge in [-0.3, -0.25) is 0 Å². The van der Waals surface area contributed by atoms with E-state index < -0.39 is 22.8 Å². The number of benzene rings is 1. The molecule has 34 heavy (non-hydrogen) atoms. The number of hydrogen-bond donors (Lipinski definition) is 1. The van der Waals surface area contributed by atoms with Crippen LogP contribution in [0.15, 0.2) is 40.4 Å². The molecule has 0 atom stereocenters. The molecule has 0 radical (unpaired) electrons. The van der Waals surface area contributed by atoms with E-state index in [1.807, 2.05) is 0 Å². The van der Waals surface area contributed by atoms with Crippen LogP contribution in [0, 0.1) is 5.41 Å². The highest BCUT2D eigenvalue weighted by Gasteiger charge is 2.55. The number of nitrogens with two attached hydrogens (primary N) is 1. The van der Waals surface area contributed by atoms with Gasteiger partial charge in [0.15, 0.2) is 5.67 Å². The van der Waals surface area contributed by atoms with Crippen LogP contribution < -0.4 is 5.84 Å². The molecule has 0 spiro atoms. The maximum absolute atomic E-state index is 14.2. The predicted molar refractivity (Wildman–Crippen MR) is 120 cm³/mol. The van der Waals surface area contributed by atoms with Crippen molar-refractivity contribution in [3.05, 3.63) is 53.8 Å². The van der Waals surface area contributed by atoms with Crippen molar-refractivity contribution in [3.8, 4) is 0 Å². The smallest absolute Gasteiger partial charge is 0.417 e. The zero-order valence-corrected chi connectivity index (χ0v) is 19.5. The van der Waals surface area contributed by atoms with Crippen LogP contribution >= 0.6 is 0 Å². The van der Waals surface area contributed by atoms with E-state index in [9.17, 15) is 17.6 Å². The average Bonchev–Trinajstić information content (AvgIpc) is 3.31. The van der Waals surface area contributed by atoms with Gasteiger partial charge in [-0.15, -0.1) is 10.2 Å². The molecule has 6 nitrogen and oxygen atoms in total. The van der Waals surface area contributed by atoms with Crippen LogP contribution in [-0.2, 0) is 17.3 Å². The quantitative estimate of drug-likeness (QED) is 0.194. The molecule has 1 aromatic heterocycles. The standard InChI is InChI=1S/C24H29F4N5O/c1-15(16-7-5-6-8-17(16)24(26,27)28)33(4)18(30-29)22-9-12-23(13-10-22,14-11-22)20-32-31-19(34-20)21(2,3)25/h5-8H,1,9-14,29H2,2-4H3/b30-18-. The van der Waals surface area contributed by atoms with Gasteiger partial charge in [0, 0.05) is 29.1 Å². The van der Waals surface area contributed by atoms with Crippen LogP contribution in [-0.4, -0.2) is 28.0 Å². The van der Waals surface area contributed by atoms with Crippen LogP contribution in [0.5, 0.6) is 0 Å². The molecule has 0 amide bonds. The SMILES string of the molecule is C=C(c1ccccc1C(F)(F)F)N(C)/C(=N\N)C12CCC(c3nnc(C(C)(C)F)o3)(CC1)CC2. The van der Waals surface area contributed by atoms with Gasteiger partial charge in [-0.1, -0.05) is 24.8 Å². The average molecular weight is 480 g/mol. The molecule has 3 aliphatic rings. The number of aromatic nitrogens is 2. The van der Waals surface area contributed by atoms with E-state index in [1.165, 1.54) is 26.0 Å². The predicted octanol–water partition coefficient (Wildman–Crippen LogP) is 5.76. The Morgan fingerprint density at radius 1 is 1.06 bits per heavy atom. The largest absolute Gasteiger partial charge is 0.421 e. The zero-order chi connectivity index (χ0) is 24.9. The maximum Gasteiger partial charge on any atom is 0.417 e. The van der Waals surface area contributed by atoms with Gasteiger partial charge in [-0.25, -0.2) is 4.39 Å². The summed E-state index contributed by atoms with van der Waals surface area (Å²) >= 11 is 0. The molecule has 3 fully saturated rings. The van der Waals surface area contributed by atoms with Gasteiger partial charge in [0.25, 0.3) is 5.89 Å². The van der Waals surface area contributed by atoms with Gasteiger partial charge in [0.2, 0.25) is 5.89 Å². The Labute approximate surface area is 195 Å². The summed E-state index contributed by atoms with van der Waals surface area (Å²) in [5.74, 6) is 6.74. The Balaban J connectivity index is 1.57. The van der Waals surface area contributed by atoms with Crippen LogP contribution in [0.4, 0.5) is 17.6 Å². The van der Waals surface area contributed by atoms with Gasteiger partial charge < -0.3 is 15.2 Å². The monoisotopic (exact) mass is 479 g/mol. The van der Waals surface area contributed by atoms with E-state index in [4.69, 9.17) is 10.3 Å². The van der Waals surface area contributed by atoms with Crippen molar-refractivity contribution in [1.82, 2.24) is 15.1 Å². The molecule has 2 bridgehead atoms. The number of alkyl halides is 4. The summed E-state index contributed by atoms with van der Waals surface area (Å²) in [5.41, 5.74) is -3.04. The van der Waals surface area contributed by atoms with E-state index >= 15 is 0 Å². The zero-order valence-electron chi connectivity index (χ0n) is 19.5. The minimum atomic E-state index is -4.51. The summed E-state index contributed by atoms with van der Waals surface area (Å²) < 4.78 is 60.7. The van der Waals surface area contributed by atoms with Crippen molar-refractivity contribution >= 4 is 11.5 Å². The topological polar surface area (TPSA) is 80.5 Å². The molecule has 3 aliphatic carbocycles. The first-order valence-corrected chi connectivity index (χ1v) is 11.2. The minimum absolute atomic E-state index is 0.0109. The Morgan fingerprint density at radius 2 is 1.65 bits per heavy atom. The lowest BCUT2D eigenvalue weighted by Gasteiger charge is -2.53. The molecule has 0 saturated heterocycles. The normalized spacial score (nSPS) is 25.4. The van der Waals surface area contributed by atoms with E-state index in [-0.39, 0.29) is 22.6 Å². The molecule has 5 rings (SSSR count). The van der Waals surface area contributed by atoms with Crippen molar-refractivity contribution in [2.45, 2.75) is 69.6 Å². The van der Waals surface area contributed by atoms with E-state index in [0.29, 0.717) is 50.3 Å². The van der Waals surface area contributed by atoms with E-state index in [1.54, 1.807) is 18.0 Å². The number of nitrogens with zero attached hydrogens (tertiary/aromatic N) is 4. The third-order valence-corrected chi connectivity index (χ3v) is 7.50. The molecule has 2 aromatic rings. The summed E-state index contributed by atoms with van der Waals surface area (Å²) in [6.45, 7) is 6.70. The van der Waals surface area contributed by atoms with Gasteiger partial charge >= 0.3 is 6.18 Å². The Morgan fingerprint density at radius 3 is 2.15 bits per heavy atom. The van der Waals surface area contributed by atoms with Gasteiger partial charge in [0.05, 0.1) is 5.56 Å². The number of rotatable bonds is 5. The highest BCUT2D eigenvalue weighted by atomic mass is 19.4. The summed E-state index contributed by atoms with van der Waals surface area (Å²) in [5, 5.41) is 12.1. The molecule has 3 saturated carbocycles. The fourth-order valence-electron chi connectivity index (χ4n) is 5.39. The first-order chi connectivity index (χ1) is 15.8. The summed E-state index contributed by atoms with van der Waals surface area (Å²) in [7, 11) is 1.65. The molecular formula is C24H29F4N5O. The van der Waals surface area contributed by atoms with Gasteiger partial charge in [-0.2, -0.15) is 18.3 Å². The fourth-order valence-corrected chi connectivity index (χ4v) is 5.39. The Kier molecular flexibility index (Phi) is 5.77. The minimum Gasteiger partial charge on any atom is -0.421 e. The lowest BCUT2D eigenvalue weighted by molar-refractivity contribution is -0.137. The number of halogens is 4. The van der Waals surface area contributed by atoms with Crippen molar-refractivity contribution < 1.29 is 22.0 Å². The second kappa shape index (κ2) is 8.09. The molecule has 0 aliphatic heterocycles. The molecule has 10 heteroatoms. The van der Waals surface area contributed by atoms with Crippen molar-refractivity contribution in [1.29, 1.82) is 0 Å². The van der Waals surface area contributed by atoms with Crippen LogP contribution in [0.3, 0.4) is 0 Å². The summed E-state index contributed by atoms with van der Waals surface area (Å²) in [6, 6.07) is 5.34. The van der Waals surface area contributed by atoms with Crippen LogP contribution in [0.2, 0.25) is 0 Å². The second-order valence-corrected chi connectivity index (χ2v) is 9.95. The van der Waals surface area contributed by atoms with Crippen LogP contribution in [0.25, 0.3) is 5.70 Å². The number of hydrazone groups is 1. The number of fused-ring (bicyclic) bond motifs is 3. The summed E-state index contributed by atoms with van der Waals surface area (Å²) in [4.78, 5) is 1.58. The maximum atomic E-state index is 14.2. The van der Waals surface area contributed by atoms with Crippen molar-refractivity contribution in [3.63, 3.8) is 0 Å². The fraction of sp³-hybridized carbons (Fsp3) is 0.542. The van der Waals surface area contributed by atoms with Crippen LogP contribution in [0.1, 0.15) is 75.3 Å². The lowest BCUT2D eigenvalue weighted by Crippen LogP contribution is -2.52. The number of amidine groups is 1. The third-order valence-electron chi connectivity index (χ3n) is 7.50. The van der Waals surface area contributed by atoms with E-state index in [2.05, 4.69) is 21.9 Å². The van der Waals surface area contributed by atoms with Gasteiger partial charge in [0.1, 0.15) is 5.84 Å². The highest BCUT2D eigenvalue weighted by molar-refractivity contribution is 5.95. The third kappa shape index (κ3) is 3.96. The first kappa shape index (κ1) is 24.2. The van der Waals surface area contributed by atoms with Gasteiger partial charge in [-0.05, 0) is 58.4 Å². The molecule has 2 N–H and O–H groups in total. The summed E-state index contributed by atoms with van der Waals surface area (Å²) in [6.07, 6.45) is -0.306. The molecule has 0 unspecified atom stereocenters. The Bertz CT molecular complexity index is 1090. The highest BCUT2D eigenvalue weighted by Crippen LogP contribution is 2.58. The molecule has 1 heterocycles. The number of hydrogen-bond acceptors (Lipinski definition) is 5. The first-order valence-electron chi connectivity index (χ1n) is 11.2. The lowest BCUT2D eigenvalue weighted by atomic mass is 9.53. The van der Waals surface area contributed by atoms with Crippen molar-refractivity contribution in [2.75, 3.05) is 7.05 Å². The second-order valence-electron chi connectivity index (χ2n) is 9.95. The Hall–Kier alpha value is -2.91. The molecular weight excluding hydrogens is 450 g/mol. The van der Waals surface area contributed by atoms with Crippen molar-refractivity contribution in [2.24, 2.45) is 16.4 Å². The van der Waals surface area contributed by atoms with E-state index in [0.717, 1.165) is 6.07 Å².